The van der Waals surface area contributed by atoms with E-state index in [1.165, 1.54) is 0 Å². The lowest BCUT2D eigenvalue weighted by molar-refractivity contribution is -0.124. The van der Waals surface area contributed by atoms with Gasteiger partial charge in [0, 0.05) is 29.7 Å². The summed E-state index contributed by atoms with van der Waals surface area (Å²) in [7, 11) is 0. The zero-order valence-corrected chi connectivity index (χ0v) is 12.0. The van der Waals surface area contributed by atoms with E-state index in [-0.39, 0.29) is 18.0 Å². The van der Waals surface area contributed by atoms with Gasteiger partial charge in [-0.05, 0) is 45.0 Å². The van der Waals surface area contributed by atoms with Gasteiger partial charge in [0.1, 0.15) is 11.9 Å². The van der Waals surface area contributed by atoms with Crippen molar-refractivity contribution in [2.24, 2.45) is 0 Å². The number of anilines is 1. The van der Waals surface area contributed by atoms with Crippen LogP contribution in [0.4, 0.5) is 5.69 Å². The molecule has 1 amide bonds. The van der Waals surface area contributed by atoms with Gasteiger partial charge in [-0.15, -0.1) is 0 Å². The number of amides is 1. The van der Waals surface area contributed by atoms with Gasteiger partial charge in [-0.2, -0.15) is 0 Å². The van der Waals surface area contributed by atoms with Crippen molar-refractivity contribution >= 4 is 11.6 Å². The van der Waals surface area contributed by atoms with E-state index in [4.69, 9.17) is 5.73 Å². The minimum absolute atomic E-state index is 0.0188. The smallest absolute Gasteiger partial charge is 0.243 e. The van der Waals surface area contributed by atoms with Crippen LogP contribution in [0, 0.1) is 0 Å². The highest BCUT2D eigenvalue weighted by atomic mass is 16.2. The Morgan fingerprint density at radius 2 is 1.90 bits per heavy atom. The van der Waals surface area contributed by atoms with Crippen LogP contribution in [-0.2, 0) is 4.79 Å². The Hall–Kier alpha value is -2.30. The topological polar surface area (TPSA) is 72.9 Å². The second-order valence-electron chi connectivity index (χ2n) is 5.12. The van der Waals surface area contributed by atoms with Crippen molar-refractivity contribution in [2.75, 3.05) is 5.73 Å². The number of benzene rings is 1. The molecule has 20 heavy (non-hydrogen) atoms. The van der Waals surface area contributed by atoms with Gasteiger partial charge in [0.25, 0.3) is 0 Å². The molecule has 0 radical (unpaired) electrons. The fourth-order valence-electron chi connectivity index (χ4n) is 2.01. The molecule has 5 heteroatoms. The van der Waals surface area contributed by atoms with Crippen molar-refractivity contribution < 1.29 is 4.79 Å². The summed E-state index contributed by atoms with van der Waals surface area (Å²) in [6.07, 6.45) is 3.51. The van der Waals surface area contributed by atoms with Crippen molar-refractivity contribution in [2.45, 2.75) is 32.9 Å². The number of carbonyl (C=O) groups excluding carboxylic acids is 1. The lowest BCUT2D eigenvalue weighted by Gasteiger charge is -2.18. The molecule has 106 valence electrons. The van der Waals surface area contributed by atoms with E-state index in [2.05, 4.69) is 10.3 Å². The maximum atomic E-state index is 12.1. The van der Waals surface area contributed by atoms with Crippen LogP contribution in [0.2, 0.25) is 0 Å². The van der Waals surface area contributed by atoms with Gasteiger partial charge < -0.3 is 15.6 Å². The monoisotopic (exact) mass is 272 g/mol. The number of nitrogens with zero attached hydrogens (tertiary/aromatic N) is 2. The first-order valence-corrected chi connectivity index (χ1v) is 6.68. The maximum absolute atomic E-state index is 12.1. The van der Waals surface area contributed by atoms with Crippen molar-refractivity contribution in [1.29, 1.82) is 0 Å². The van der Waals surface area contributed by atoms with Gasteiger partial charge >= 0.3 is 0 Å². The van der Waals surface area contributed by atoms with Gasteiger partial charge in [-0.3, -0.25) is 4.79 Å². The molecule has 0 aliphatic carbocycles. The molecule has 0 aliphatic heterocycles. The summed E-state index contributed by atoms with van der Waals surface area (Å²) in [5.41, 5.74) is 7.33. The molecule has 0 fully saturated rings. The third kappa shape index (κ3) is 2.99. The quantitative estimate of drug-likeness (QED) is 0.838. The van der Waals surface area contributed by atoms with Crippen LogP contribution in [-0.4, -0.2) is 21.5 Å². The first kappa shape index (κ1) is 14.1. The maximum Gasteiger partial charge on any atom is 0.243 e. The summed E-state index contributed by atoms with van der Waals surface area (Å²) >= 11 is 0. The first-order chi connectivity index (χ1) is 9.49. The summed E-state index contributed by atoms with van der Waals surface area (Å²) in [4.78, 5) is 16.5. The Kier molecular flexibility index (Phi) is 4.08. The van der Waals surface area contributed by atoms with Gasteiger partial charge in [-0.1, -0.05) is 0 Å². The van der Waals surface area contributed by atoms with Gasteiger partial charge in [0.2, 0.25) is 5.91 Å². The van der Waals surface area contributed by atoms with E-state index in [0.29, 0.717) is 5.69 Å². The van der Waals surface area contributed by atoms with Crippen molar-refractivity contribution in [3.8, 4) is 11.4 Å². The number of rotatable bonds is 4. The third-order valence-electron chi connectivity index (χ3n) is 3.07. The molecule has 1 aromatic carbocycles. The van der Waals surface area contributed by atoms with Crippen molar-refractivity contribution in [3.63, 3.8) is 0 Å². The highest BCUT2D eigenvalue weighted by molar-refractivity contribution is 5.81. The van der Waals surface area contributed by atoms with E-state index in [9.17, 15) is 4.79 Å². The number of nitrogen functional groups attached to an aromatic ring is 1. The fraction of sp³-hybridized carbons (Fsp3) is 0.333. The van der Waals surface area contributed by atoms with Crippen LogP contribution < -0.4 is 11.1 Å². The summed E-state index contributed by atoms with van der Waals surface area (Å²) in [6.45, 7) is 5.75. The average molecular weight is 272 g/mol. The minimum Gasteiger partial charge on any atom is -0.399 e. The van der Waals surface area contributed by atoms with Gasteiger partial charge in [-0.25, -0.2) is 4.98 Å². The van der Waals surface area contributed by atoms with Crippen LogP contribution in [0.15, 0.2) is 36.7 Å². The molecule has 0 saturated heterocycles. The molecular formula is C15H20N4O. The van der Waals surface area contributed by atoms with E-state index in [0.717, 1.165) is 11.4 Å². The molecular weight excluding hydrogens is 252 g/mol. The van der Waals surface area contributed by atoms with Crippen LogP contribution in [0.1, 0.15) is 26.8 Å². The molecule has 5 nitrogen and oxygen atoms in total. The van der Waals surface area contributed by atoms with Crippen LogP contribution in [0.5, 0.6) is 0 Å². The van der Waals surface area contributed by atoms with Crippen molar-refractivity contribution in [3.05, 3.63) is 36.7 Å². The Morgan fingerprint density at radius 1 is 1.25 bits per heavy atom. The zero-order chi connectivity index (χ0) is 14.7. The molecule has 2 aromatic rings. The second kappa shape index (κ2) is 5.77. The fourth-order valence-corrected chi connectivity index (χ4v) is 2.01. The number of hydrogen-bond acceptors (Lipinski definition) is 3. The normalized spacial score (nSPS) is 12.4. The highest BCUT2D eigenvalue weighted by Gasteiger charge is 2.18. The van der Waals surface area contributed by atoms with E-state index < -0.39 is 0 Å². The summed E-state index contributed by atoms with van der Waals surface area (Å²) in [6, 6.07) is 7.27. The molecule has 3 N–H and O–H groups in total. The molecule has 1 atom stereocenters. The predicted octanol–water partition coefficient (Wildman–Crippen LogP) is 2.22. The lowest BCUT2D eigenvalue weighted by atomic mass is 10.2. The van der Waals surface area contributed by atoms with Gasteiger partial charge in [0.05, 0.1) is 0 Å². The molecule has 0 spiro atoms. The zero-order valence-electron chi connectivity index (χ0n) is 12.0. The van der Waals surface area contributed by atoms with Gasteiger partial charge in [0.15, 0.2) is 0 Å². The Morgan fingerprint density at radius 3 is 2.50 bits per heavy atom. The summed E-state index contributed by atoms with van der Waals surface area (Å²) < 4.78 is 1.86. The summed E-state index contributed by atoms with van der Waals surface area (Å²) in [5, 5.41) is 2.91. The number of hydrogen-bond donors (Lipinski definition) is 2. The Balaban J connectivity index is 2.28. The molecule has 0 saturated carbocycles. The Labute approximate surface area is 118 Å². The van der Waals surface area contributed by atoms with Crippen molar-refractivity contribution in [1.82, 2.24) is 14.9 Å². The largest absolute Gasteiger partial charge is 0.399 e. The SMILES string of the molecule is CC(C)NC(=O)C(C)n1ccnc1-c1ccc(N)cc1. The molecule has 1 aromatic heterocycles. The molecule has 0 bridgehead atoms. The second-order valence-corrected chi connectivity index (χ2v) is 5.12. The predicted molar refractivity (Wildman–Crippen MR) is 80.1 cm³/mol. The molecule has 1 heterocycles. The molecule has 0 aliphatic rings. The average Bonchev–Trinajstić information content (AvgIpc) is 2.87. The van der Waals surface area contributed by atoms with E-state index in [1.54, 1.807) is 6.20 Å². The third-order valence-corrected chi connectivity index (χ3v) is 3.07. The highest BCUT2D eigenvalue weighted by Crippen LogP contribution is 2.22. The summed E-state index contributed by atoms with van der Waals surface area (Å²) in [5.74, 6) is 0.742. The minimum atomic E-state index is -0.313. The number of aromatic nitrogens is 2. The molecule has 2 rings (SSSR count). The van der Waals surface area contributed by atoms with Crippen LogP contribution in [0.25, 0.3) is 11.4 Å². The first-order valence-electron chi connectivity index (χ1n) is 6.68. The lowest BCUT2D eigenvalue weighted by Crippen LogP contribution is -2.35. The van der Waals surface area contributed by atoms with E-state index in [1.807, 2.05) is 55.8 Å². The Bertz CT molecular complexity index is 586. The number of imidazole rings is 1. The van der Waals surface area contributed by atoms with Crippen LogP contribution >= 0.6 is 0 Å². The standard InChI is InChI=1S/C15H20N4O/c1-10(2)18-15(20)11(3)19-9-8-17-14(19)12-4-6-13(16)7-5-12/h4-11H,16H2,1-3H3,(H,18,20). The number of nitrogens with two attached hydrogens (primary N) is 1. The van der Waals surface area contributed by atoms with Crippen LogP contribution in [0.3, 0.4) is 0 Å². The number of carbonyl (C=O) groups is 1. The number of nitrogens with one attached hydrogen (secondary N) is 1. The van der Waals surface area contributed by atoms with E-state index >= 15 is 0 Å². The molecule has 1 unspecified atom stereocenters.